The third kappa shape index (κ3) is 2.40. The molecule has 0 aromatic carbocycles. The van der Waals surface area contributed by atoms with Gasteiger partial charge in [-0.2, -0.15) is 13.2 Å². The van der Waals surface area contributed by atoms with E-state index in [-0.39, 0.29) is 12.8 Å². The van der Waals surface area contributed by atoms with E-state index in [9.17, 15) is 18.0 Å². The summed E-state index contributed by atoms with van der Waals surface area (Å²) in [6.07, 6.45) is -0.0894. The maximum Gasteiger partial charge on any atom is 0.432 e. The lowest BCUT2D eigenvalue weighted by Crippen LogP contribution is -2.47. The molecule has 1 aliphatic rings. The van der Waals surface area contributed by atoms with E-state index in [2.05, 4.69) is 4.74 Å². The van der Waals surface area contributed by atoms with Crippen LogP contribution in [0.25, 0.3) is 0 Å². The van der Waals surface area contributed by atoms with Gasteiger partial charge in [0.15, 0.2) is 0 Å². The van der Waals surface area contributed by atoms with Gasteiger partial charge in [0, 0.05) is 12.8 Å². The monoisotopic (exact) mass is 220 g/mol. The van der Waals surface area contributed by atoms with Crippen LogP contribution in [0.1, 0.15) is 19.8 Å². The van der Waals surface area contributed by atoms with Crippen LogP contribution >= 0.6 is 0 Å². The number of hydrogen-bond donors (Lipinski definition) is 0. The van der Waals surface area contributed by atoms with Gasteiger partial charge in [0.05, 0.1) is 0 Å². The Morgan fingerprint density at radius 3 is 2.53 bits per heavy atom. The first-order valence-electron chi connectivity index (χ1n) is 4.54. The van der Waals surface area contributed by atoms with Crippen molar-refractivity contribution >= 4 is 5.97 Å². The van der Waals surface area contributed by atoms with Crippen molar-refractivity contribution in [2.24, 2.45) is 0 Å². The molecule has 0 heterocycles. The van der Waals surface area contributed by atoms with Crippen LogP contribution in [0.5, 0.6) is 0 Å². The number of rotatable bonds is 2. The maximum absolute atomic E-state index is 12.7. The Labute approximate surface area is 85.4 Å². The van der Waals surface area contributed by atoms with Gasteiger partial charge in [0.1, 0.15) is 0 Å². The summed E-state index contributed by atoms with van der Waals surface area (Å²) in [6, 6.07) is 0. The Kier molecular flexibility index (Phi) is 3.21. The summed E-state index contributed by atoms with van der Waals surface area (Å²) in [5.74, 6) is -0.854. The fourth-order valence-electron chi connectivity index (χ4n) is 1.22. The molecule has 1 atom stereocenters. The van der Waals surface area contributed by atoms with Gasteiger partial charge in [-0.1, -0.05) is 25.2 Å². The molecule has 0 radical (unpaired) electrons. The first kappa shape index (κ1) is 11.8. The number of hydrogen-bond acceptors (Lipinski definition) is 2. The molecule has 1 rings (SSSR count). The van der Waals surface area contributed by atoms with Crippen molar-refractivity contribution in [1.29, 1.82) is 0 Å². The minimum absolute atomic E-state index is 0.0740. The molecular formula is C10H11F3O2. The lowest BCUT2D eigenvalue weighted by molar-refractivity contribution is -0.251. The maximum atomic E-state index is 12.7. The quantitative estimate of drug-likeness (QED) is 0.669. The van der Waals surface area contributed by atoms with Crippen LogP contribution in [0.4, 0.5) is 13.2 Å². The normalized spacial score (nSPS) is 25.3. The van der Waals surface area contributed by atoms with E-state index >= 15 is 0 Å². The summed E-state index contributed by atoms with van der Waals surface area (Å²) in [7, 11) is 0. The molecule has 1 aliphatic carbocycles. The molecule has 0 aromatic rings. The van der Waals surface area contributed by atoms with Crippen molar-refractivity contribution in [3.8, 4) is 0 Å². The van der Waals surface area contributed by atoms with Gasteiger partial charge in [-0.25, -0.2) is 0 Å². The summed E-state index contributed by atoms with van der Waals surface area (Å²) in [4.78, 5) is 11.0. The molecule has 0 saturated carbocycles. The van der Waals surface area contributed by atoms with Gasteiger partial charge in [-0.15, -0.1) is 0 Å². The van der Waals surface area contributed by atoms with Crippen LogP contribution < -0.4 is 0 Å². The Morgan fingerprint density at radius 1 is 1.47 bits per heavy atom. The second-order valence-corrected chi connectivity index (χ2v) is 3.21. The fourth-order valence-corrected chi connectivity index (χ4v) is 1.22. The van der Waals surface area contributed by atoms with Gasteiger partial charge >= 0.3 is 12.1 Å². The molecule has 0 amide bonds. The average molecular weight is 220 g/mol. The number of carbonyl (C=O) groups excluding carboxylic acids is 1. The topological polar surface area (TPSA) is 26.3 Å². The predicted octanol–water partition coefficient (Wildman–Crippen LogP) is 2.76. The van der Waals surface area contributed by atoms with E-state index in [0.29, 0.717) is 0 Å². The molecular weight excluding hydrogens is 209 g/mol. The molecule has 0 N–H and O–H groups in total. The summed E-state index contributed by atoms with van der Waals surface area (Å²) >= 11 is 0. The highest BCUT2D eigenvalue weighted by molar-refractivity contribution is 5.70. The summed E-state index contributed by atoms with van der Waals surface area (Å²) in [5.41, 5.74) is -2.48. The Balaban J connectivity index is 2.93. The molecule has 0 fully saturated rings. The molecule has 0 aromatic heterocycles. The Bertz CT molecular complexity index is 304. The molecule has 0 spiro atoms. The van der Waals surface area contributed by atoms with E-state index in [1.165, 1.54) is 25.2 Å². The van der Waals surface area contributed by atoms with Crippen molar-refractivity contribution in [3.05, 3.63) is 24.3 Å². The van der Waals surface area contributed by atoms with Crippen molar-refractivity contribution < 1.29 is 22.7 Å². The summed E-state index contributed by atoms with van der Waals surface area (Å²) in [6.45, 7) is 1.45. The molecule has 2 nitrogen and oxygen atoms in total. The third-order valence-electron chi connectivity index (χ3n) is 2.10. The van der Waals surface area contributed by atoms with Crippen molar-refractivity contribution in [1.82, 2.24) is 0 Å². The van der Waals surface area contributed by atoms with Crippen LogP contribution in [-0.4, -0.2) is 17.7 Å². The van der Waals surface area contributed by atoms with E-state index in [4.69, 9.17) is 0 Å². The SMILES string of the molecule is CCC(=O)OC1(C(F)(F)F)C=CC=CC1. The number of esters is 1. The highest BCUT2D eigenvalue weighted by atomic mass is 19.4. The molecule has 84 valence electrons. The van der Waals surface area contributed by atoms with Gasteiger partial charge < -0.3 is 4.74 Å². The van der Waals surface area contributed by atoms with E-state index in [1.54, 1.807) is 0 Å². The van der Waals surface area contributed by atoms with E-state index in [0.717, 1.165) is 6.08 Å². The zero-order valence-electron chi connectivity index (χ0n) is 8.17. The highest BCUT2D eigenvalue weighted by Crippen LogP contribution is 2.39. The molecule has 15 heavy (non-hydrogen) atoms. The van der Waals surface area contributed by atoms with E-state index < -0.39 is 17.7 Å². The number of halogens is 3. The number of carbonyl (C=O) groups is 1. The molecule has 0 aliphatic heterocycles. The van der Waals surface area contributed by atoms with Crippen LogP contribution in [0, 0.1) is 0 Å². The molecule has 0 bridgehead atoms. The first-order valence-corrected chi connectivity index (χ1v) is 4.54. The number of allylic oxidation sites excluding steroid dienone is 2. The largest absolute Gasteiger partial charge is 0.445 e. The second-order valence-electron chi connectivity index (χ2n) is 3.21. The fraction of sp³-hybridized carbons (Fsp3) is 0.500. The predicted molar refractivity (Wildman–Crippen MR) is 48.1 cm³/mol. The summed E-state index contributed by atoms with van der Waals surface area (Å²) in [5, 5.41) is 0. The molecule has 1 unspecified atom stereocenters. The highest BCUT2D eigenvalue weighted by Gasteiger charge is 2.56. The van der Waals surface area contributed by atoms with Crippen LogP contribution in [-0.2, 0) is 9.53 Å². The van der Waals surface area contributed by atoms with Crippen LogP contribution in [0.3, 0.4) is 0 Å². The Morgan fingerprint density at radius 2 is 2.13 bits per heavy atom. The van der Waals surface area contributed by atoms with Gasteiger partial charge in [-0.3, -0.25) is 4.79 Å². The smallest absolute Gasteiger partial charge is 0.432 e. The van der Waals surface area contributed by atoms with E-state index in [1.807, 2.05) is 0 Å². The number of ether oxygens (including phenoxy) is 1. The van der Waals surface area contributed by atoms with Gasteiger partial charge in [0.25, 0.3) is 0 Å². The van der Waals surface area contributed by atoms with Gasteiger partial charge in [-0.05, 0) is 6.08 Å². The molecule has 5 heteroatoms. The van der Waals surface area contributed by atoms with Crippen LogP contribution in [0.15, 0.2) is 24.3 Å². The minimum atomic E-state index is -4.58. The average Bonchev–Trinajstić information content (AvgIpc) is 2.17. The summed E-state index contributed by atoms with van der Waals surface area (Å²) < 4.78 is 42.7. The lowest BCUT2D eigenvalue weighted by atomic mass is 9.94. The third-order valence-corrected chi connectivity index (χ3v) is 2.10. The number of alkyl halides is 3. The Hall–Kier alpha value is -1.26. The standard InChI is InChI=1S/C10H11F3O2/c1-2-8(14)15-9(10(11,12)13)6-4-3-5-7-9/h3-6H,2,7H2,1H3. The van der Waals surface area contributed by atoms with Crippen molar-refractivity contribution in [2.45, 2.75) is 31.5 Å². The zero-order chi connectivity index (χ0) is 11.5. The second kappa shape index (κ2) is 4.08. The van der Waals surface area contributed by atoms with Gasteiger partial charge in [0.2, 0.25) is 5.60 Å². The zero-order valence-corrected chi connectivity index (χ0v) is 8.17. The van der Waals surface area contributed by atoms with Crippen LogP contribution in [0.2, 0.25) is 0 Å². The lowest BCUT2D eigenvalue weighted by Gasteiger charge is -2.32. The molecule has 0 saturated heterocycles. The van der Waals surface area contributed by atoms with Crippen molar-refractivity contribution in [2.75, 3.05) is 0 Å². The first-order chi connectivity index (χ1) is 6.91. The van der Waals surface area contributed by atoms with Crippen molar-refractivity contribution in [3.63, 3.8) is 0 Å². The minimum Gasteiger partial charge on any atom is -0.445 e.